The first-order valence-corrected chi connectivity index (χ1v) is 14.4. The third kappa shape index (κ3) is 5.79. The maximum atomic E-state index is 13.5. The van der Waals surface area contributed by atoms with Crippen molar-refractivity contribution < 1.29 is 19.0 Å². The molecule has 0 atom stereocenters. The van der Waals surface area contributed by atoms with E-state index in [1.807, 2.05) is 83.7 Å². The van der Waals surface area contributed by atoms with E-state index in [1.54, 1.807) is 26.2 Å². The Morgan fingerprint density at radius 2 is 1.68 bits per heavy atom. The summed E-state index contributed by atoms with van der Waals surface area (Å²) in [5.41, 5.74) is 4.37. The van der Waals surface area contributed by atoms with Crippen molar-refractivity contribution in [1.82, 2.24) is 14.7 Å². The minimum Gasteiger partial charge on any atom is -0.496 e. The van der Waals surface area contributed by atoms with Crippen LogP contribution in [0.25, 0.3) is 23.0 Å². The van der Waals surface area contributed by atoms with Gasteiger partial charge in [-0.15, -0.1) is 0 Å². The number of methoxy groups -OCH3 is 3. The number of aromatic nitrogens is 2. The quantitative estimate of drug-likeness (QED) is 0.148. The van der Waals surface area contributed by atoms with E-state index in [2.05, 4.69) is 15.9 Å². The molecule has 1 fully saturated rings. The number of para-hydroxylation sites is 1. The molecule has 1 aliphatic heterocycles. The lowest BCUT2D eigenvalue weighted by Crippen LogP contribution is -2.30. The lowest BCUT2D eigenvalue weighted by molar-refractivity contribution is -0.122. The second kappa shape index (κ2) is 12.3. The van der Waals surface area contributed by atoms with Gasteiger partial charge in [-0.1, -0.05) is 48.2 Å². The second-order valence-corrected chi connectivity index (χ2v) is 11.4. The summed E-state index contributed by atoms with van der Waals surface area (Å²) < 4.78 is 19.3. The molecule has 1 saturated heterocycles. The molecule has 5 rings (SSSR count). The van der Waals surface area contributed by atoms with E-state index in [0.29, 0.717) is 33.7 Å². The van der Waals surface area contributed by atoms with Crippen LogP contribution in [0.15, 0.2) is 82.3 Å². The number of nitrogens with zero attached hydrogens (tertiary/aromatic N) is 3. The molecule has 10 heteroatoms. The van der Waals surface area contributed by atoms with Gasteiger partial charge in [-0.2, -0.15) is 5.10 Å². The van der Waals surface area contributed by atoms with Crippen LogP contribution in [0.2, 0.25) is 0 Å². The van der Waals surface area contributed by atoms with Gasteiger partial charge in [0.1, 0.15) is 15.8 Å². The predicted octanol–water partition coefficient (Wildman–Crippen LogP) is 6.77. The molecule has 0 spiro atoms. The van der Waals surface area contributed by atoms with Crippen LogP contribution in [0.4, 0.5) is 0 Å². The number of thiocarbonyl (C=S) groups is 1. The molecule has 7 nitrogen and oxygen atoms in total. The summed E-state index contributed by atoms with van der Waals surface area (Å²) in [6.45, 7) is 0.457. The molecule has 40 heavy (non-hydrogen) atoms. The summed E-state index contributed by atoms with van der Waals surface area (Å²) in [4.78, 5) is 15.7. The Morgan fingerprint density at radius 1 is 0.950 bits per heavy atom. The molecular weight excluding hydrogens is 610 g/mol. The van der Waals surface area contributed by atoms with Gasteiger partial charge >= 0.3 is 0 Å². The van der Waals surface area contributed by atoms with Crippen molar-refractivity contribution in [1.29, 1.82) is 0 Å². The van der Waals surface area contributed by atoms with Gasteiger partial charge in [0.15, 0.2) is 11.5 Å². The lowest BCUT2D eigenvalue weighted by Gasteiger charge is -2.15. The molecule has 1 amide bonds. The highest BCUT2D eigenvalue weighted by molar-refractivity contribution is 9.10. The van der Waals surface area contributed by atoms with Crippen molar-refractivity contribution in [2.75, 3.05) is 27.9 Å². The molecule has 204 valence electrons. The monoisotopic (exact) mass is 635 g/mol. The predicted molar refractivity (Wildman–Crippen MR) is 166 cm³/mol. The van der Waals surface area contributed by atoms with Crippen LogP contribution in [-0.4, -0.2) is 52.8 Å². The first-order valence-electron chi connectivity index (χ1n) is 12.4. The molecule has 0 unspecified atom stereocenters. The first-order chi connectivity index (χ1) is 19.4. The van der Waals surface area contributed by atoms with E-state index in [1.165, 1.54) is 11.8 Å². The van der Waals surface area contributed by atoms with Crippen molar-refractivity contribution >= 4 is 56.2 Å². The summed E-state index contributed by atoms with van der Waals surface area (Å²) in [6.07, 6.45) is 4.42. The van der Waals surface area contributed by atoms with Crippen LogP contribution in [0, 0.1) is 0 Å². The number of rotatable bonds is 9. The topological polar surface area (TPSA) is 65.8 Å². The van der Waals surface area contributed by atoms with Crippen LogP contribution >= 0.6 is 39.9 Å². The number of amides is 1. The number of halogens is 1. The van der Waals surface area contributed by atoms with Crippen LogP contribution in [-0.2, 0) is 11.2 Å². The molecule has 4 aromatic rings. The number of thioether (sulfide) groups is 1. The van der Waals surface area contributed by atoms with Crippen molar-refractivity contribution in [2.45, 2.75) is 6.42 Å². The van der Waals surface area contributed by atoms with Gasteiger partial charge in [0.05, 0.1) is 36.4 Å². The van der Waals surface area contributed by atoms with Crippen molar-refractivity contribution in [3.05, 3.63) is 93.4 Å². The zero-order valence-electron chi connectivity index (χ0n) is 22.1. The minimum atomic E-state index is -0.121. The number of benzene rings is 3. The maximum Gasteiger partial charge on any atom is 0.266 e. The standard InChI is InChI=1S/C30H26BrN3O4S2/c1-36-24-12-10-20(16-23(24)31)28-21(18-34(32-28)22-7-5-4-6-8-22)17-27-29(35)33(30(39)40-27)14-13-19-9-11-25(37-2)26(15-19)38-3/h4-12,15-18H,13-14H2,1-3H3. The van der Waals surface area contributed by atoms with Gasteiger partial charge in [0.2, 0.25) is 0 Å². The Bertz CT molecular complexity index is 1600. The Balaban J connectivity index is 1.44. The third-order valence-corrected chi connectivity index (χ3v) is 8.42. The summed E-state index contributed by atoms with van der Waals surface area (Å²) in [7, 11) is 4.84. The van der Waals surface area contributed by atoms with Crippen molar-refractivity contribution in [3.8, 4) is 34.2 Å². The van der Waals surface area contributed by atoms with E-state index < -0.39 is 0 Å². The third-order valence-electron chi connectivity index (χ3n) is 6.42. The average Bonchev–Trinajstić information content (AvgIpc) is 3.52. The van der Waals surface area contributed by atoms with E-state index in [4.69, 9.17) is 31.5 Å². The molecule has 0 saturated carbocycles. The first kappa shape index (κ1) is 27.9. The highest BCUT2D eigenvalue weighted by Gasteiger charge is 2.32. The number of ether oxygens (including phenoxy) is 3. The van der Waals surface area contributed by atoms with Gasteiger partial charge in [0.25, 0.3) is 5.91 Å². The largest absolute Gasteiger partial charge is 0.496 e. The second-order valence-electron chi connectivity index (χ2n) is 8.84. The van der Waals surface area contributed by atoms with E-state index in [-0.39, 0.29) is 5.91 Å². The van der Waals surface area contributed by atoms with E-state index in [0.717, 1.165) is 38.3 Å². The summed E-state index contributed by atoms with van der Waals surface area (Å²) in [5.74, 6) is 1.92. The van der Waals surface area contributed by atoms with Crippen LogP contribution in [0.3, 0.4) is 0 Å². The van der Waals surface area contributed by atoms with Gasteiger partial charge < -0.3 is 14.2 Å². The van der Waals surface area contributed by atoms with Gasteiger partial charge in [-0.3, -0.25) is 9.69 Å². The van der Waals surface area contributed by atoms with Gasteiger partial charge in [-0.25, -0.2) is 4.68 Å². The van der Waals surface area contributed by atoms with E-state index in [9.17, 15) is 4.79 Å². The summed E-state index contributed by atoms with van der Waals surface area (Å²) in [5, 5.41) is 4.88. The molecule has 0 radical (unpaired) electrons. The number of carbonyl (C=O) groups excluding carboxylic acids is 1. The van der Waals surface area contributed by atoms with Crippen LogP contribution < -0.4 is 14.2 Å². The van der Waals surface area contributed by atoms with Crippen LogP contribution in [0.1, 0.15) is 11.1 Å². The molecular formula is C30H26BrN3O4S2. The van der Waals surface area contributed by atoms with Gasteiger partial charge in [-0.05, 0) is 76.5 Å². The van der Waals surface area contributed by atoms with E-state index >= 15 is 0 Å². The smallest absolute Gasteiger partial charge is 0.266 e. The molecule has 1 aromatic heterocycles. The summed E-state index contributed by atoms with van der Waals surface area (Å²) in [6, 6.07) is 21.4. The van der Waals surface area contributed by atoms with Crippen molar-refractivity contribution in [3.63, 3.8) is 0 Å². The molecule has 0 N–H and O–H groups in total. The fraction of sp³-hybridized carbons (Fsp3) is 0.167. The zero-order valence-corrected chi connectivity index (χ0v) is 25.3. The lowest BCUT2D eigenvalue weighted by atomic mass is 10.1. The number of hydrogen-bond acceptors (Lipinski definition) is 7. The fourth-order valence-electron chi connectivity index (χ4n) is 4.35. The fourth-order valence-corrected chi connectivity index (χ4v) is 6.20. The normalized spacial score (nSPS) is 14.2. The Kier molecular flexibility index (Phi) is 8.58. The van der Waals surface area contributed by atoms with Gasteiger partial charge in [0, 0.05) is 23.9 Å². The Morgan fingerprint density at radius 3 is 2.38 bits per heavy atom. The molecule has 3 aromatic carbocycles. The van der Waals surface area contributed by atoms with Crippen LogP contribution in [0.5, 0.6) is 17.2 Å². The van der Waals surface area contributed by atoms with Crippen molar-refractivity contribution in [2.24, 2.45) is 0 Å². The number of hydrogen-bond donors (Lipinski definition) is 0. The maximum absolute atomic E-state index is 13.5. The molecule has 1 aliphatic rings. The number of carbonyl (C=O) groups is 1. The molecule has 0 aliphatic carbocycles. The Labute approximate surface area is 250 Å². The average molecular weight is 637 g/mol. The SMILES string of the molecule is COc1ccc(-c2nn(-c3ccccc3)cc2C=C2SC(=S)N(CCc3ccc(OC)c(OC)c3)C2=O)cc1Br. The minimum absolute atomic E-state index is 0.121. The highest BCUT2D eigenvalue weighted by atomic mass is 79.9. The highest BCUT2D eigenvalue weighted by Crippen LogP contribution is 2.37. The zero-order chi connectivity index (χ0) is 28.2. The summed E-state index contributed by atoms with van der Waals surface area (Å²) >= 11 is 10.5. The Hall–Kier alpha value is -3.60. The molecule has 2 heterocycles. The molecule has 0 bridgehead atoms.